The van der Waals surface area contributed by atoms with Crippen molar-refractivity contribution in [2.24, 2.45) is 0 Å². The molecule has 1 aromatic carbocycles. The van der Waals surface area contributed by atoms with Crippen LogP contribution >= 0.6 is 15.9 Å². The third-order valence-electron chi connectivity index (χ3n) is 3.29. The lowest BCUT2D eigenvalue weighted by Gasteiger charge is -2.32. The van der Waals surface area contributed by atoms with Crippen LogP contribution in [0, 0.1) is 0 Å². The van der Waals surface area contributed by atoms with Crippen LogP contribution in [0.2, 0.25) is 0 Å². The van der Waals surface area contributed by atoms with Crippen LogP contribution < -0.4 is 0 Å². The molecule has 0 spiro atoms. The van der Waals surface area contributed by atoms with Gasteiger partial charge in [0.2, 0.25) is 0 Å². The topological polar surface area (TPSA) is 59.0 Å². The van der Waals surface area contributed by atoms with Crippen LogP contribution in [0.5, 0.6) is 0 Å². The normalized spacial score (nSPS) is 19.9. The number of rotatable bonds is 4. The molecule has 0 aromatic heterocycles. The van der Waals surface area contributed by atoms with Gasteiger partial charge >= 0.3 is 5.97 Å². The molecule has 0 radical (unpaired) electrons. The number of aliphatic hydroxyl groups is 1. The van der Waals surface area contributed by atoms with E-state index >= 15 is 0 Å². The second-order valence-electron chi connectivity index (χ2n) is 4.71. The lowest BCUT2D eigenvalue weighted by atomic mass is 10.1. The first-order valence-electron chi connectivity index (χ1n) is 6.45. The highest BCUT2D eigenvalue weighted by molar-refractivity contribution is 9.10. The summed E-state index contributed by atoms with van der Waals surface area (Å²) in [5, 5.41) is 9.14. The first-order valence-corrected chi connectivity index (χ1v) is 7.25. The zero-order valence-electron chi connectivity index (χ0n) is 11.3. The molecule has 0 aliphatic carbocycles. The van der Waals surface area contributed by atoms with Crippen LogP contribution in [-0.2, 0) is 16.0 Å². The fraction of sp³-hybridized carbons (Fsp3) is 0.500. The maximum Gasteiger partial charge on any atom is 0.337 e. The number of esters is 1. The van der Waals surface area contributed by atoms with Crippen molar-refractivity contribution in [3.8, 4) is 0 Å². The minimum atomic E-state index is -0.344. The van der Waals surface area contributed by atoms with E-state index in [0.29, 0.717) is 18.7 Å². The van der Waals surface area contributed by atoms with Gasteiger partial charge in [0.1, 0.15) is 0 Å². The summed E-state index contributed by atoms with van der Waals surface area (Å²) in [5.41, 5.74) is 1.62. The molecule has 0 amide bonds. The van der Waals surface area contributed by atoms with E-state index in [2.05, 4.69) is 20.8 Å². The Morgan fingerprint density at radius 2 is 2.40 bits per heavy atom. The van der Waals surface area contributed by atoms with Crippen molar-refractivity contribution in [3.05, 3.63) is 33.8 Å². The first-order chi connectivity index (χ1) is 9.63. The Hall–Kier alpha value is -0.950. The average Bonchev–Trinajstić information content (AvgIpc) is 2.48. The summed E-state index contributed by atoms with van der Waals surface area (Å²) in [6, 6.07) is 5.45. The Morgan fingerprint density at radius 1 is 1.60 bits per heavy atom. The van der Waals surface area contributed by atoms with Gasteiger partial charge in [-0.2, -0.15) is 0 Å². The monoisotopic (exact) mass is 343 g/mol. The Balaban J connectivity index is 2.04. The molecule has 1 fully saturated rings. The SMILES string of the molecule is COC(=O)c1ccc(CN2CCOC(CO)C2)c(Br)c1. The van der Waals surface area contributed by atoms with E-state index in [4.69, 9.17) is 14.6 Å². The third kappa shape index (κ3) is 3.79. The molecular formula is C14H18BrNO4. The first kappa shape index (κ1) is 15.4. The van der Waals surface area contributed by atoms with Crippen LogP contribution in [0.15, 0.2) is 22.7 Å². The van der Waals surface area contributed by atoms with Crippen LogP contribution in [-0.4, -0.2) is 55.5 Å². The number of morpholine rings is 1. The molecule has 110 valence electrons. The van der Waals surface area contributed by atoms with Gasteiger partial charge in [-0.3, -0.25) is 4.90 Å². The van der Waals surface area contributed by atoms with Gasteiger partial charge in [-0.25, -0.2) is 4.79 Å². The van der Waals surface area contributed by atoms with Crippen molar-refractivity contribution < 1.29 is 19.4 Å². The standard InChI is InChI=1S/C14H18BrNO4/c1-19-14(18)10-2-3-11(13(15)6-10)7-16-4-5-20-12(8-16)9-17/h2-3,6,12,17H,4-5,7-9H2,1H3. The van der Waals surface area contributed by atoms with E-state index in [0.717, 1.165) is 23.1 Å². The lowest BCUT2D eigenvalue weighted by Crippen LogP contribution is -2.43. The lowest BCUT2D eigenvalue weighted by molar-refractivity contribution is -0.0551. The summed E-state index contributed by atoms with van der Waals surface area (Å²) >= 11 is 3.49. The molecule has 1 unspecified atom stereocenters. The molecule has 1 N–H and O–H groups in total. The van der Waals surface area contributed by atoms with Gasteiger partial charge in [0.15, 0.2) is 0 Å². The summed E-state index contributed by atoms with van der Waals surface area (Å²) in [6.45, 7) is 2.97. The molecule has 5 nitrogen and oxygen atoms in total. The van der Waals surface area contributed by atoms with Crippen LogP contribution in [0.1, 0.15) is 15.9 Å². The van der Waals surface area contributed by atoms with Crippen molar-refractivity contribution in [1.82, 2.24) is 4.90 Å². The van der Waals surface area contributed by atoms with E-state index in [1.807, 2.05) is 6.07 Å². The number of halogens is 1. The van der Waals surface area contributed by atoms with E-state index < -0.39 is 0 Å². The zero-order valence-corrected chi connectivity index (χ0v) is 12.9. The van der Waals surface area contributed by atoms with Gasteiger partial charge < -0.3 is 14.6 Å². The van der Waals surface area contributed by atoms with E-state index in [-0.39, 0.29) is 18.7 Å². The predicted molar refractivity (Wildman–Crippen MR) is 77.6 cm³/mol. The fourth-order valence-corrected chi connectivity index (χ4v) is 2.70. The predicted octanol–water partition coefficient (Wildman–Crippen LogP) is 1.43. The number of carbonyl (C=O) groups is 1. The molecular weight excluding hydrogens is 326 g/mol. The average molecular weight is 344 g/mol. The quantitative estimate of drug-likeness (QED) is 0.838. The van der Waals surface area contributed by atoms with Crippen molar-refractivity contribution in [3.63, 3.8) is 0 Å². The van der Waals surface area contributed by atoms with Crippen molar-refractivity contribution >= 4 is 21.9 Å². The maximum atomic E-state index is 11.5. The number of hydrogen-bond donors (Lipinski definition) is 1. The second-order valence-corrected chi connectivity index (χ2v) is 5.56. The molecule has 6 heteroatoms. The van der Waals surface area contributed by atoms with Gasteiger partial charge in [-0.1, -0.05) is 22.0 Å². The molecule has 0 saturated carbocycles. The van der Waals surface area contributed by atoms with Crippen molar-refractivity contribution in [2.45, 2.75) is 12.6 Å². The van der Waals surface area contributed by atoms with Crippen LogP contribution in [0.4, 0.5) is 0 Å². The number of methoxy groups -OCH3 is 1. The van der Waals surface area contributed by atoms with Crippen LogP contribution in [0.25, 0.3) is 0 Å². The van der Waals surface area contributed by atoms with Gasteiger partial charge in [-0.15, -0.1) is 0 Å². The van der Waals surface area contributed by atoms with E-state index in [1.54, 1.807) is 12.1 Å². The van der Waals surface area contributed by atoms with Gasteiger partial charge in [-0.05, 0) is 17.7 Å². The second kappa shape index (κ2) is 7.17. The third-order valence-corrected chi connectivity index (χ3v) is 4.03. The number of hydrogen-bond acceptors (Lipinski definition) is 5. The highest BCUT2D eigenvalue weighted by Crippen LogP contribution is 2.21. The zero-order chi connectivity index (χ0) is 14.5. The van der Waals surface area contributed by atoms with E-state index in [1.165, 1.54) is 7.11 Å². The smallest absolute Gasteiger partial charge is 0.337 e. The summed E-state index contributed by atoms with van der Waals surface area (Å²) in [4.78, 5) is 13.7. The Morgan fingerprint density at radius 3 is 3.05 bits per heavy atom. The van der Waals surface area contributed by atoms with Gasteiger partial charge in [0.25, 0.3) is 0 Å². The molecule has 0 bridgehead atoms. The Labute approximate surface area is 126 Å². The van der Waals surface area contributed by atoms with Gasteiger partial charge in [0.05, 0.1) is 32.0 Å². The highest BCUT2D eigenvalue weighted by Gasteiger charge is 2.20. The molecule has 1 aliphatic heterocycles. The summed E-state index contributed by atoms with van der Waals surface area (Å²) in [7, 11) is 1.37. The molecule has 1 atom stereocenters. The number of carbonyl (C=O) groups excluding carboxylic acids is 1. The molecule has 1 aliphatic rings. The molecule has 1 saturated heterocycles. The minimum Gasteiger partial charge on any atom is -0.465 e. The van der Waals surface area contributed by atoms with Crippen LogP contribution in [0.3, 0.4) is 0 Å². The summed E-state index contributed by atoms with van der Waals surface area (Å²) in [6.07, 6.45) is -0.114. The Bertz CT molecular complexity index is 480. The number of aliphatic hydroxyl groups excluding tert-OH is 1. The fourth-order valence-electron chi connectivity index (χ4n) is 2.20. The number of nitrogens with zero attached hydrogens (tertiary/aromatic N) is 1. The molecule has 1 aromatic rings. The van der Waals surface area contributed by atoms with Gasteiger partial charge in [0, 0.05) is 24.1 Å². The number of ether oxygens (including phenoxy) is 2. The van der Waals surface area contributed by atoms with Crippen molar-refractivity contribution in [1.29, 1.82) is 0 Å². The molecule has 2 rings (SSSR count). The summed E-state index contributed by atoms with van der Waals surface area (Å²) < 4.78 is 11.0. The van der Waals surface area contributed by atoms with Crippen molar-refractivity contribution in [2.75, 3.05) is 33.4 Å². The molecule has 20 heavy (non-hydrogen) atoms. The summed E-state index contributed by atoms with van der Waals surface area (Å²) in [5.74, 6) is -0.344. The van der Waals surface area contributed by atoms with E-state index in [9.17, 15) is 4.79 Å². The largest absolute Gasteiger partial charge is 0.465 e. The Kier molecular flexibility index (Phi) is 5.54. The minimum absolute atomic E-state index is 0.0406. The maximum absolute atomic E-state index is 11.5. The highest BCUT2D eigenvalue weighted by atomic mass is 79.9. The number of benzene rings is 1. The molecule has 1 heterocycles.